The van der Waals surface area contributed by atoms with Crippen LogP contribution < -0.4 is 5.32 Å². The maximum atomic E-state index is 12.1. The minimum absolute atomic E-state index is 0.0544. The molecule has 2 unspecified atom stereocenters. The van der Waals surface area contributed by atoms with E-state index in [0.717, 1.165) is 32.1 Å². The van der Waals surface area contributed by atoms with E-state index < -0.39 is 11.9 Å². The van der Waals surface area contributed by atoms with Crippen molar-refractivity contribution in [3.63, 3.8) is 0 Å². The molecule has 0 saturated heterocycles. The molecule has 0 aromatic carbocycles. The lowest BCUT2D eigenvalue weighted by Crippen LogP contribution is -2.42. The molecule has 1 amide bonds. The smallest absolute Gasteiger partial charge is 0.308 e. The molecule has 0 aromatic heterocycles. The summed E-state index contributed by atoms with van der Waals surface area (Å²) in [6.07, 6.45) is 12.6. The number of carbonyl (C=O) groups excluding carboxylic acids is 1. The molecule has 4 nitrogen and oxygen atoms in total. The Hall–Kier alpha value is -1.06. The van der Waals surface area contributed by atoms with E-state index in [4.69, 9.17) is 0 Å². The van der Waals surface area contributed by atoms with Gasteiger partial charge in [0.25, 0.3) is 0 Å². The molecule has 0 aromatic rings. The van der Waals surface area contributed by atoms with Gasteiger partial charge < -0.3 is 10.4 Å². The lowest BCUT2D eigenvalue weighted by atomic mass is 9.86. The Morgan fingerprint density at radius 3 is 2.19 bits per heavy atom. The quantitative estimate of drug-likeness (QED) is 0.763. The van der Waals surface area contributed by atoms with Crippen LogP contribution in [0.4, 0.5) is 0 Å². The van der Waals surface area contributed by atoms with Gasteiger partial charge in [0.2, 0.25) is 5.91 Å². The van der Waals surface area contributed by atoms with Crippen molar-refractivity contribution in [2.75, 3.05) is 0 Å². The van der Waals surface area contributed by atoms with Gasteiger partial charge in [0.15, 0.2) is 0 Å². The topological polar surface area (TPSA) is 66.4 Å². The van der Waals surface area contributed by atoms with Gasteiger partial charge in [-0.05, 0) is 25.2 Å². The third-order valence-electron chi connectivity index (χ3n) is 5.18. The van der Waals surface area contributed by atoms with Crippen LogP contribution in [-0.2, 0) is 9.59 Å². The molecule has 2 atom stereocenters. The summed E-state index contributed by atoms with van der Waals surface area (Å²) in [5.41, 5.74) is 0. The van der Waals surface area contributed by atoms with Gasteiger partial charge in [0.1, 0.15) is 0 Å². The molecular formula is C17H29NO3. The predicted molar refractivity (Wildman–Crippen MR) is 82.0 cm³/mol. The zero-order valence-electron chi connectivity index (χ0n) is 13.0. The van der Waals surface area contributed by atoms with Crippen LogP contribution in [-0.4, -0.2) is 23.0 Å². The van der Waals surface area contributed by atoms with Crippen molar-refractivity contribution in [1.82, 2.24) is 5.32 Å². The van der Waals surface area contributed by atoms with Crippen LogP contribution in [0.25, 0.3) is 0 Å². The number of hydrogen-bond acceptors (Lipinski definition) is 2. The number of nitrogens with one attached hydrogen (secondary N) is 1. The van der Waals surface area contributed by atoms with Crippen LogP contribution in [0.2, 0.25) is 0 Å². The molecule has 0 aliphatic heterocycles. The van der Waals surface area contributed by atoms with Crippen molar-refractivity contribution in [3.05, 3.63) is 0 Å². The fraction of sp³-hybridized carbons (Fsp3) is 0.882. The molecule has 2 aliphatic rings. The number of carboxylic acids is 1. The summed E-state index contributed by atoms with van der Waals surface area (Å²) in [6, 6.07) is -0.163. The Kier molecular flexibility index (Phi) is 6.52. The minimum Gasteiger partial charge on any atom is -0.481 e. The normalized spacial score (nSPS) is 27.8. The van der Waals surface area contributed by atoms with E-state index in [-0.39, 0.29) is 11.9 Å². The number of aliphatic carboxylic acids is 1. The highest BCUT2D eigenvalue weighted by molar-refractivity contribution is 5.78. The van der Waals surface area contributed by atoms with Crippen LogP contribution in [0.1, 0.15) is 77.0 Å². The molecule has 0 radical (unpaired) electrons. The van der Waals surface area contributed by atoms with Gasteiger partial charge in [-0.1, -0.05) is 51.4 Å². The molecule has 2 saturated carbocycles. The highest BCUT2D eigenvalue weighted by atomic mass is 16.4. The predicted octanol–water partition coefficient (Wildman–Crippen LogP) is 3.50. The van der Waals surface area contributed by atoms with E-state index in [9.17, 15) is 14.7 Å². The Balaban J connectivity index is 1.77. The second-order valence-electron chi connectivity index (χ2n) is 6.80. The van der Waals surface area contributed by atoms with E-state index in [2.05, 4.69) is 5.32 Å². The summed E-state index contributed by atoms with van der Waals surface area (Å²) in [5.74, 6) is -0.395. The highest BCUT2D eigenvalue weighted by Gasteiger charge is 2.30. The zero-order chi connectivity index (χ0) is 15.1. The van der Waals surface area contributed by atoms with Gasteiger partial charge >= 0.3 is 5.97 Å². The number of rotatable bonds is 5. The fourth-order valence-electron chi connectivity index (χ4n) is 3.87. The first-order valence-corrected chi connectivity index (χ1v) is 8.69. The Morgan fingerprint density at radius 2 is 1.52 bits per heavy atom. The maximum Gasteiger partial charge on any atom is 0.308 e. The van der Waals surface area contributed by atoms with Crippen LogP contribution >= 0.6 is 0 Å². The average Bonchev–Trinajstić information content (AvgIpc) is 2.72. The molecule has 0 bridgehead atoms. The third kappa shape index (κ3) is 5.33. The van der Waals surface area contributed by atoms with E-state index in [1.54, 1.807) is 0 Å². The fourth-order valence-corrected chi connectivity index (χ4v) is 3.87. The van der Waals surface area contributed by atoms with Crippen molar-refractivity contribution >= 4 is 11.9 Å². The largest absolute Gasteiger partial charge is 0.481 e. The van der Waals surface area contributed by atoms with Crippen molar-refractivity contribution in [2.24, 2.45) is 11.8 Å². The molecule has 2 N–H and O–H groups in total. The van der Waals surface area contributed by atoms with Gasteiger partial charge in [0, 0.05) is 12.5 Å². The van der Waals surface area contributed by atoms with Gasteiger partial charge in [-0.3, -0.25) is 9.59 Å². The zero-order valence-corrected chi connectivity index (χ0v) is 13.0. The molecule has 2 rings (SSSR count). The summed E-state index contributed by atoms with van der Waals surface area (Å²) in [6.45, 7) is 0. The van der Waals surface area contributed by atoms with E-state index in [1.807, 2.05) is 0 Å². The summed E-state index contributed by atoms with van der Waals surface area (Å²) in [4.78, 5) is 23.5. The minimum atomic E-state index is -0.755. The molecule has 2 aliphatic carbocycles. The molecule has 21 heavy (non-hydrogen) atoms. The SMILES string of the molecule is O=C(CCC1CCCCC1)NC1CCCCCC1C(=O)O. The second-order valence-corrected chi connectivity index (χ2v) is 6.80. The molecule has 4 heteroatoms. The standard InChI is InChI=1S/C17H29NO3/c19-16(12-11-13-7-3-1-4-8-13)18-15-10-6-2-5-9-14(15)17(20)21/h13-15H,1-12H2,(H,18,19)(H,20,21). The first-order chi connectivity index (χ1) is 10.2. The number of carboxylic acid groups (broad SMARTS) is 1. The Labute approximate surface area is 127 Å². The second kappa shape index (κ2) is 8.40. The van der Waals surface area contributed by atoms with Gasteiger partial charge in [-0.25, -0.2) is 0 Å². The van der Waals surface area contributed by atoms with Gasteiger partial charge in [-0.15, -0.1) is 0 Å². The molecule has 120 valence electrons. The van der Waals surface area contributed by atoms with Gasteiger partial charge in [0.05, 0.1) is 5.92 Å². The molecule has 2 fully saturated rings. The van der Waals surface area contributed by atoms with Crippen LogP contribution in [0.15, 0.2) is 0 Å². The van der Waals surface area contributed by atoms with E-state index in [0.29, 0.717) is 18.8 Å². The lowest BCUT2D eigenvalue weighted by molar-refractivity contribution is -0.143. The Bertz CT molecular complexity index is 350. The first kappa shape index (κ1) is 16.3. The highest BCUT2D eigenvalue weighted by Crippen LogP contribution is 2.28. The molecular weight excluding hydrogens is 266 g/mol. The maximum absolute atomic E-state index is 12.1. The molecule has 0 spiro atoms. The average molecular weight is 295 g/mol. The summed E-state index contributed by atoms with van der Waals surface area (Å²) in [7, 11) is 0. The van der Waals surface area contributed by atoms with Crippen LogP contribution in [0.5, 0.6) is 0 Å². The van der Waals surface area contributed by atoms with Crippen molar-refractivity contribution in [1.29, 1.82) is 0 Å². The monoisotopic (exact) mass is 295 g/mol. The summed E-state index contributed by atoms with van der Waals surface area (Å²) >= 11 is 0. The number of amides is 1. The van der Waals surface area contributed by atoms with Crippen molar-refractivity contribution in [2.45, 2.75) is 83.1 Å². The van der Waals surface area contributed by atoms with Crippen LogP contribution in [0.3, 0.4) is 0 Å². The lowest BCUT2D eigenvalue weighted by Gasteiger charge is -2.24. The van der Waals surface area contributed by atoms with E-state index in [1.165, 1.54) is 32.1 Å². The molecule has 0 heterocycles. The summed E-state index contributed by atoms with van der Waals surface area (Å²) in [5, 5.41) is 12.3. The Morgan fingerprint density at radius 1 is 0.905 bits per heavy atom. The summed E-state index contributed by atoms with van der Waals surface area (Å²) < 4.78 is 0. The number of hydrogen-bond donors (Lipinski definition) is 2. The number of carbonyl (C=O) groups is 2. The van der Waals surface area contributed by atoms with Gasteiger partial charge in [-0.2, -0.15) is 0 Å². The first-order valence-electron chi connectivity index (χ1n) is 8.69. The van der Waals surface area contributed by atoms with Crippen molar-refractivity contribution < 1.29 is 14.7 Å². The third-order valence-corrected chi connectivity index (χ3v) is 5.18. The van der Waals surface area contributed by atoms with Crippen LogP contribution in [0, 0.1) is 11.8 Å². The van der Waals surface area contributed by atoms with E-state index >= 15 is 0 Å². The van der Waals surface area contributed by atoms with Crippen molar-refractivity contribution in [3.8, 4) is 0 Å².